The fourth-order valence-corrected chi connectivity index (χ4v) is 7.31. The molecule has 0 bridgehead atoms. The Morgan fingerprint density at radius 1 is 1.04 bits per heavy atom. The molecule has 1 aliphatic heterocycles. The Hall–Kier alpha value is -3.99. The van der Waals surface area contributed by atoms with Crippen LogP contribution >= 0.6 is 43.2 Å². The maximum atomic E-state index is 14.2. The average Bonchev–Trinajstić information content (AvgIpc) is 3.33. The molecular formula is C35H28Br2N2O5S. The van der Waals surface area contributed by atoms with Gasteiger partial charge in [-0.2, -0.15) is 0 Å². The van der Waals surface area contributed by atoms with Crippen molar-refractivity contribution >= 4 is 66.0 Å². The Morgan fingerprint density at radius 2 is 1.80 bits per heavy atom. The van der Waals surface area contributed by atoms with Crippen LogP contribution in [-0.2, 0) is 16.1 Å². The van der Waals surface area contributed by atoms with E-state index in [1.165, 1.54) is 11.3 Å². The van der Waals surface area contributed by atoms with Gasteiger partial charge in [-0.3, -0.25) is 9.36 Å². The van der Waals surface area contributed by atoms with Crippen molar-refractivity contribution in [2.24, 2.45) is 4.99 Å². The first-order chi connectivity index (χ1) is 21.8. The van der Waals surface area contributed by atoms with Gasteiger partial charge in [-0.15, -0.1) is 0 Å². The number of carbonyl (C=O) groups is 1. The zero-order valence-electron chi connectivity index (χ0n) is 24.7. The number of esters is 1. The highest BCUT2D eigenvalue weighted by atomic mass is 79.9. The zero-order valence-corrected chi connectivity index (χ0v) is 28.7. The van der Waals surface area contributed by atoms with E-state index in [9.17, 15) is 9.59 Å². The number of rotatable bonds is 8. The van der Waals surface area contributed by atoms with Crippen LogP contribution in [0, 0.1) is 0 Å². The van der Waals surface area contributed by atoms with Crippen molar-refractivity contribution < 1.29 is 19.0 Å². The molecule has 2 heterocycles. The first-order valence-corrected chi connectivity index (χ1v) is 16.6. The van der Waals surface area contributed by atoms with Crippen molar-refractivity contribution in [2.45, 2.75) is 26.5 Å². The van der Waals surface area contributed by atoms with Crippen LogP contribution in [-0.4, -0.2) is 24.3 Å². The number of ether oxygens (including phenoxy) is 3. The molecule has 0 saturated carbocycles. The van der Waals surface area contributed by atoms with E-state index in [1.54, 1.807) is 31.6 Å². The van der Waals surface area contributed by atoms with Gasteiger partial charge in [0.1, 0.15) is 6.61 Å². The van der Waals surface area contributed by atoms with Gasteiger partial charge in [-0.25, -0.2) is 9.79 Å². The SMILES string of the molecule is CCOC(=O)C1=C(C)N=c2s/c(=C/c3cc(Br)c(OCc4ccc(Br)cc4)c(OC)c3)c(=O)n2[C@@H]1c1cccc2ccccc12. The molecule has 0 unspecified atom stereocenters. The fraction of sp³-hybridized carbons (Fsp3) is 0.171. The fourth-order valence-electron chi connectivity index (χ4n) is 5.43. The largest absolute Gasteiger partial charge is 0.493 e. The summed E-state index contributed by atoms with van der Waals surface area (Å²) in [5.74, 6) is 0.595. The van der Waals surface area contributed by atoms with Crippen molar-refractivity contribution in [3.63, 3.8) is 0 Å². The monoisotopic (exact) mass is 746 g/mol. The molecule has 0 N–H and O–H groups in total. The molecule has 0 radical (unpaired) electrons. The minimum absolute atomic E-state index is 0.210. The van der Waals surface area contributed by atoms with Gasteiger partial charge in [-0.05, 0) is 87.6 Å². The number of halogens is 2. The van der Waals surface area contributed by atoms with Crippen LogP contribution in [0.5, 0.6) is 11.5 Å². The Bertz CT molecular complexity index is 2150. The van der Waals surface area contributed by atoms with E-state index < -0.39 is 12.0 Å². The Balaban J connectivity index is 1.45. The molecular weight excluding hydrogens is 720 g/mol. The number of nitrogens with zero attached hydrogens (tertiary/aromatic N) is 2. The van der Waals surface area contributed by atoms with Gasteiger partial charge in [0.2, 0.25) is 0 Å². The van der Waals surface area contributed by atoms with Crippen LogP contribution in [0.15, 0.2) is 109 Å². The van der Waals surface area contributed by atoms with E-state index >= 15 is 0 Å². The van der Waals surface area contributed by atoms with Gasteiger partial charge >= 0.3 is 5.97 Å². The molecule has 228 valence electrons. The van der Waals surface area contributed by atoms with Gasteiger partial charge in [0.05, 0.1) is 40.0 Å². The number of hydrogen-bond donors (Lipinski definition) is 0. The lowest BCUT2D eigenvalue weighted by atomic mass is 9.91. The van der Waals surface area contributed by atoms with Gasteiger partial charge < -0.3 is 14.2 Å². The number of carbonyl (C=O) groups excluding carboxylic acids is 1. The van der Waals surface area contributed by atoms with Gasteiger partial charge in [0, 0.05) is 4.47 Å². The summed E-state index contributed by atoms with van der Waals surface area (Å²) >= 11 is 8.36. The number of methoxy groups -OCH3 is 1. The molecule has 0 saturated heterocycles. The summed E-state index contributed by atoms with van der Waals surface area (Å²) in [4.78, 5) is 32.8. The quantitative estimate of drug-likeness (QED) is 0.159. The minimum atomic E-state index is -0.704. The maximum absolute atomic E-state index is 14.2. The normalized spacial score (nSPS) is 14.7. The second-order valence-electron chi connectivity index (χ2n) is 10.3. The first-order valence-electron chi connectivity index (χ1n) is 14.2. The summed E-state index contributed by atoms with van der Waals surface area (Å²) in [5, 5.41) is 1.96. The second kappa shape index (κ2) is 13.2. The van der Waals surface area contributed by atoms with E-state index in [2.05, 4.69) is 31.9 Å². The van der Waals surface area contributed by atoms with E-state index in [0.29, 0.717) is 43.2 Å². The van der Waals surface area contributed by atoms with Crippen molar-refractivity contribution in [1.82, 2.24) is 4.57 Å². The number of fused-ring (bicyclic) bond motifs is 2. The molecule has 6 rings (SSSR count). The highest BCUT2D eigenvalue weighted by Crippen LogP contribution is 2.38. The van der Waals surface area contributed by atoms with Crippen LogP contribution in [0.25, 0.3) is 16.8 Å². The Labute approximate surface area is 280 Å². The van der Waals surface area contributed by atoms with Gasteiger partial charge in [0.25, 0.3) is 5.56 Å². The molecule has 0 amide bonds. The van der Waals surface area contributed by atoms with Crippen LogP contribution in [0.2, 0.25) is 0 Å². The Kier molecular flexibility index (Phi) is 9.07. The Morgan fingerprint density at radius 3 is 2.56 bits per heavy atom. The minimum Gasteiger partial charge on any atom is -0.493 e. The third kappa shape index (κ3) is 6.14. The molecule has 1 atom stereocenters. The molecule has 45 heavy (non-hydrogen) atoms. The number of aromatic nitrogens is 1. The summed E-state index contributed by atoms with van der Waals surface area (Å²) in [6.45, 7) is 4.12. The average molecular weight is 748 g/mol. The van der Waals surface area contributed by atoms with E-state index in [1.807, 2.05) is 78.9 Å². The predicted octanol–water partition coefficient (Wildman–Crippen LogP) is 7.06. The van der Waals surface area contributed by atoms with E-state index in [0.717, 1.165) is 31.9 Å². The molecule has 1 aromatic heterocycles. The highest BCUT2D eigenvalue weighted by Gasteiger charge is 2.34. The highest BCUT2D eigenvalue weighted by molar-refractivity contribution is 9.10. The van der Waals surface area contributed by atoms with Crippen LogP contribution in [0.1, 0.15) is 36.6 Å². The van der Waals surface area contributed by atoms with E-state index in [4.69, 9.17) is 19.2 Å². The molecule has 1 aliphatic rings. The predicted molar refractivity (Wildman–Crippen MR) is 184 cm³/mol. The van der Waals surface area contributed by atoms with E-state index in [-0.39, 0.29) is 12.2 Å². The number of hydrogen-bond acceptors (Lipinski definition) is 7. The molecule has 4 aromatic carbocycles. The molecule has 0 spiro atoms. The number of thiazole rings is 1. The maximum Gasteiger partial charge on any atom is 0.338 e. The van der Waals surface area contributed by atoms with Gasteiger partial charge in [0.15, 0.2) is 16.3 Å². The summed E-state index contributed by atoms with van der Waals surface area (Å²) in [7, 11) is 1.58. The number of allylic oxidation sites excluding steroid dienone is 1. The van der Waals surface area contributed by atoms with Crippen molar-refractivity contribution in [2.75, 3.05) is 13.7 Å². The third-order valence-corrected chi connectivity index (χ3v) is 9.58. The van der Waals surface area contributed by atoms with Crippen molar-refractivity contribution in [1.29, 1.82) is 0 Å². The summed E-state index contributed by atoms with van der Waals surface area (Å²) in [6, 6.07) is 24.8. The lowest BCUT2D eigenvalue weighted by Crippen LogP contribution is -2.40. The second-order valence-corrected chi connectivity index (χ2v) is 13.1. The molecule has 5 aromatic rings. The number of benzene rings is 4. The molecule has 7 nitrogen and oxygen atoms in total. The topological polar surface area (TPSA) is 79.1 Å². The summed E-state index contributed by atoms with van der Waals surface area (Å²) < 4.78 is 21.0. The lowest BCUT2D eigenvalue weighted by Gasteiger charge is -2.25. The third-order valence-electron chi connectivity index (χ3n) is 7.48. The van der Waals surface area contributed by atoms with Gasteiger partial charge in [-0.1, -0.05) is 81.9 Å². The summed E-state index contributed by atoms with van der Waals surface area (Å²) in [5.41, 5.74) is 3.20. The van der Waals surface area contributed by atoms with Crippen LogP contribution in [0.4, 0.5) is 0 Å². The smallest absolute Gasteiger partial charge is 0.338 e. The molecule has 0 fully saturated rings. The summed E-state index contributed by atoms with van der Waals surface area (Å²) in [6.07, 6.45) is 1.80. The first kappa shape index (κ1) is 31.0. The molecule has 10 heteroatoms. The zero-order chi connectivity index (χ0) is 31.7. The standard InChI is InChI=1S/C35H28Br2N2O5S/c1-4-43-34(41)30-20(2)38-35-39(31(30)26-11-7-9-23-8-5-6-10-25(23)26)33(40)29(45-35)18-22-16-27(37)32(28(17-22)42-3)44-19-21-12-14-24(36)15-13-21/h5-18,31H,4,19H2,1-3H3/b29-18+/t31-/m1/s1. The molecule has 0 aliphatic carbocycles. The van der Waals surface area contributed by atoms with Crippen LogP contribution in [0.3, 0.4) is 0 Å². The lowest BCUT2D eigenvalue weighted by molar-refractivity contribution is -0.139. The van der Waals surface area contributed by atoms with Crippen molar-refractivity contribution in [3.05, 3.63) is 135 Å². The van der Waals surface area contributed by atoms with Crippen LogP contribution < -0.4 is 24.4 Å². The van der Waals surface area contributed by atoms with Crippen molar-refractivity contribution in [3.8, 4) is 11.5 Å².